The lowest BCUT2D eigenvalue weighted by molar-refractivity contribution is 0.177. The van der Waals surface area contributed by atoms with Gasteiger partial charge in [0.2, 0.25) is 0 Å². The molecule has 1 aromatic carbocycles. The average Bonchev–Trinajstić information content (AvgIpc) is 2.80. The molecular formula is C27H39BrN2O. The van der Waals surface area contributed by atoms with Gasteiger partial charge < -0.3 is 4.74 Å². The Balaban J connectivity index is 1.45. The molecule has 1 aliphatic carbocycles. The summed E-state index contributed by atoms with van der Waals surface area (Å²) in [4.78, 5) is 9.11. The summed E-state index contributed by atoms with van der Waals surface area (Å²) in [7, 11) is 0. The Hall–Kier alpha value is -1.42. The molecule has 2 aromatic rings. The Labute approximate surface area is 197 Å². The Morgan fingerprint density at radius 2 is 1.58 bits per heavy atom. The van der Waals surface area contributed by atoms with Crippen LogP contribution in [-0.2, 0) is 6.42 Å². The maximum Gasteiger partial charge on any atom is 0.159 e. The van der Waals surface area contributed by atoms with E-state index in [2.05, 4.69) is 57.9 Å². The third-order valence-electron chi connectivity index (χ3n) is 6.66. The molecule has 3 rings (SSSR count). The van der Waals surface area contributed by atoms with Crippen LogP contribution in [0.4, 0.5) is 0 Å². The number of hydrogen-bond donors (Lipinski definition) is 0. The first-order valence-electron chi connectivity index (χ1n) is 12.4. The fourth-order valence-electron chi connectivity index (χ4n) is 4.58. The highest BCUT2D eigenvalue weighted by atomic mass is 79.9. The van der Waals surface area contributed by atoms with Crippen molar-refractivity contribution in [2.45, 2.75) is 90.9 Å². The van der Waals surface area contributed by atoms with Gasteiger partial charge in [-0.15, -0.1) is 0 Å². The van der Waals surface area contributed by atoms with Gasteiger partial charge in [0.15, 0.2) is 11.6 Å². The van der Waals surface area contributed by atoms with Gasteiger partial charge in [-0.2, -0.15) is 0 Å². The van der Waals surface area contributed by atoms with Crippen molar-refractivity contribution in [2.24, 2.45) is 11.8 Å². The Morgan fingerprint density at radius 1 is 0.903 bits per heavy atom. The maximum absolute atomic E-state index is 6.03. The molecule has 0 radical (unpaired) electrons. The van der Waals surface area contributed by atoms with Gasteiger partial charge in [-0.3, -0.25) is 0 Å². The highest BCUT2D eigenvalue weighted by Gasteiger charge is 2.21. The van der Waals surface area contributed by atoms with Gasteiger partial charge in [-0.25, -0.2) is 9.97 Å². The SMILES string of the molecule is CCCCCc1ccc(-c2ncc(OCC3CCC(CCCCC)CC3)cn2)cc1Br. The van der Waals surface area contributed by atoms with Crippen molar-refractivity contribution in [3.63, 3.8) is 0 Å². The molecule has 0 N–H and O–H groups in total. The van der Waals surface area contributed by atoms with Crippen LogP contribution >= 0.6 is 15.9 Å². The Bertz CT molecular complexity index is 769. The van der Waals surface area contributed by atoms with E-state index in [1.54, 1.807) is 0 Å². The number of aromatic nitrogens is 2. The van der Waals surface area contributed by atoms with Crippen LogP contribution in [-0.4, -0.2) is 16.6 Å². The Kier molecular flexibility index (Phi) is 10.3. The number of aryl methyl sites for hydroxylation is 1. The highest BCUT2D eigenvalue weighted by molar-refractivity contribution is 9.10. The van der Waals surface area contributed by atoms with Crippen molar-refractivity contribution in [1.29, 1.82) is 0 Å². The molecule has 170 valence electrons. The molecule has 0 unspecified atom stereocenters. The molecule has 1 saturated carbocycles. The molecule has 1 heterocycles. The minimum absolute atomic E-state index is 0.679. The lowest BCUT2D eigenvalue weighted by Crippen LogP contribution is -2.20. The van der Waals surface area contributed by atoms with E-state index in [-0.39, 0.29) is 0 Å². The van der Waals surface area contributed by atoms with E-state index in [0.29, 0.717) is 5.92 Å². The van der Waals surface area contributed by atoms with Crippen LogP contribution < -0.4 is 4.74 Å². The van der Waals surface area contributed by atoms with Crippen molar-refractivity contribution in [1.82, 2.24) is 9.97 Å². The predicted octanol–water partition coefficient (Wildman–Crippen LogP) is 8.40. The van der Waals surface area contributed by atoms with Crippen LogP contribution in [0.15, 0.2) is 35.1 Å². The summed E-state index contributed by atoms with van der Waals surface area (Å²) < 4.78 is 7.18. The number of rotatable bonds is 12. The van der Waals surface area contributed by atoms with Gasteiger partial charge in [0.1, 0.15) is 0 Å². The molecule has 0 amide bonds. The molecule has 0 saturated heterocycles. The topological polar surface area (TPSA) is 35.0 Å². The summed E-state index contributed by atoms with van der Waals surface area (Å²) in [6.45, 7) is 5.32. The van der Waals surface area contributed by atoms with Crippen LogP contribution in [0.3, 0.4) is 0 Å². The molecule has 0 bridgehead atoms. The van der Waals surface area contributed by atoms with Gasteiger partial charge in [-0.05, 0) is 49.1 Å². The first-order valence-corrected chi connectivity index (χ1v) is 13.2. The molecule has 0 aliphatic heterocycles. The van der Waals surface area contributed by atoms with Crippen molar-refractivity contribution >= 4 is 15.9 Å². The van der Waals surface area contributed by atoms with Gasteiger partial charge in [0, 0.05) is 10.0 Å². The molecule has 0 spiro atoms. The van der Waals surface area contributed by atoms with E-state index in [0.717, 1.165) is 40.6 Å². The number of halogens is 1. The Morgan fingerprint density at radius 3 is 2.26 bits per heavy atom. The highest BCUT2D eigenvalue weighted by Crippen LogP contribution is 2.32. The van der Waals surface area contributed by atoms with E-state index in [1.165, 1.54) is 76.2 Å². The molecule has 1 aromatic heterocycles. The van der Waals surface area contributed by atoms with Crippen molar-refractivity contribution < 1.29 is 4.74 Å². The zero-order chi connectivity index (χ0) is 21.9. The smallest absolute Gasteiger partial charge is 0.159 e. The zero-order valence-corrected chi connectivity index (χ0v) is 21.0. The first-order chi connectivity index (χ1) is 15.2. The van der Waals surface area contributed by atoms with E-state index < -0.39 is 0 Å². The van der Waals surface area contributed by atoms with E-state index in [4.69, 9.17) is 4.74 Å². The second kappa shape index (κ2) is 13.2. The number of unbranched alkanes of at least 4 members (excludes halogenated alkanes) is 4. The van der Waals surface area contributed by atoms with E-state index in [9.17, 15) is 0 Å². The molecule has 3 nitrogen and oxygen atoms in total. The van der Waals surface area contributed by atoms with E-state index >= 15 is 0 Å². The third-order valence-corrected chi connectivity index (χ3v) is 7.40. The van der Waals surface area contributed by atoms with Gasteiger partial charge >= 0.3 is 0 Å². The largest absolute Gasteiger partial charge is 0.490 e. The number of benzene rings is 1. The van der Waals surface area contributed by atoms with Gasteiger partial charge in [0.05, 0.1) is 19.0 Å². The monoisotopic (exact) mass is 486 g/mol. The van der Waals surface area contributed by atoms with Crippen LogP contribution in [0.5, 0.6) is 5.75 Å². The van der Waals surface area contributed by atoms with Crippen LogP contribution in [0.25, 0.3) is 11.4 Å². The lowest BCUT2D eigenvalue weighted by Gasteiger charge is -2.28. The average molecular weight is 488 g/mol. The fourth-order valence-corrected chi connectivity index (χ4v) is 5.16. The standard InChI is InChI=1S/C27H39BrN2O/c1-3-5-7-9-21-11-13-22(14-12-21)20-31-25-18-29-27(30-19-25)24-16-15-23(26(28)17-24)10-8-6-4-2/h15-19,21-22H,3-14,20H2,1-2H3. The van der Waals surface area contributed by atoms with Gasteiger partial charge in [-0.1, -0.05) is 93.3 Å². The van der Waals surface area contributed by atoms with Gasteiger partial charge in [0.25, 0.3) is 0 Å². The predicted molar refractivity (Wildman–Crippen MR) is 133 cm³/mol. The van der Waals surface area contributed by atoms with Crippen molar-refractivity contribution in [2.75, 3.05) is 6.61 Å². The second-order valence-electron chi connectivity index (χ2n) is 9.20. The molecule has 1 fully saturated rings. The first kappa shape index (κ1) is 24.2. The molecular weight excluding hydrogens is 448 g/mol. The van der Waals surface area contributed by atoms with E-state index in [1.807, 2.05) is 12.4 Å². The minimum Gasteiger partial charge on any atom is -0.490 e. The maximum atomic E-state index is 6.03. The summed E-state index contributed by atoms with van der Waals surface area (Å²) in [5.41, 5.74) is 2.40. The minimum atomic E-state index is 0.679. The second-order valence-corrected chi connectivity index (χ2v) is 10.1. The number of hydrogen-bond acceptors (Lipinski definition) is 3. The number of ether oxygens (including phenoxy) is 1. The van der Waals surface area contributed by atoms with Crippen LogP contribution in [0.2, 0.25) is 0 Å². The summed E-state index contributed by atoms with van der Waals surface area (Å²) in [5, 5.41) is 0. The molecule has 0 atom stereocenters. The summed E-state index contributed by atoms with van der Waals surface area (Å²) in [5.74, 6) is 3.16. The molecule has 31 heavy (non-hydrogen) atoms. The summed E-state index contributed by atoms with van der Waals surface area (Å²) in [6, 6.07) is 6.46. The third kappa shape index (κ3) is 7.89. The summed E-state index contributed by atoms with van der Waals surface area (Å²) >= 11 is 3.72. The van der Waals surface area contributed by atoms with Crippen molar-refractivity contribution in [3.8, 4) is 17.1 Å². The van der Waals surface area contributed by atoms with Crippen LogP contribution in [0, 0.1) is 11.8 Å². The quantitative estimate of drug-likeness (QED) is 0.282. The number of nitrogens with zero attached hydrogens (tertiary/aromatic N) is 2. The zero-order valence-electron chi connectivity index (χ0n) is 19.4. The van der Waals surface area contributed by atoms with Crippen LogP contribution in [0.1, 0.15) is 90.0 Å². The molecule has 1 aliphatic rings. The normalized spacial score (nSPS) is 18.8. The molecule has 4 heteroatoms. The van der Waals surface area contributed by atoms with Crippen molar-refractivity contribution in [3.05, 3.63) is 40.6 Å². The fraction of sp³-hybridized carbons (Fsp3) is 0.630. The summed E-state index contributed by atoms with van der Waals surface area (Å²) in [6.07, 6.45) is 19.4. The lowest BCUT2D eigenvalue weighted by atomic mass is 9.80.